The molecule has 8 heavy (non-hydrogen) atoms. The maximum atomic E-state index is 8.94. The third-order valence-electron chi connectivity index (χ3n) is 0. The Balaban J connectivity index is -0.0000000267. The van der Waals surface area contributed by atoms with Crippen LogP contribution in [0.25, 0.3) is 0 Å². The predicted molar refractivity (Wildman–Crippen MR) is 7.34 cm³/mol. The number of rotatable bonds is 0. The second-order valence-electron chi connectivity index (χ2n) is 0.513. The first-order valence-corrected chi connectivity index (χ1v) is 3.23. The van der Waals surface area contributed by atoms with Gasteiger partial charge in [-0.2, -0.15) is 0 Å². The zero-order chi connectivity index (χ0) is 4.50. The second-order valence-corrected chi connectivity index (χ2v) is 2.12. The molecular formula is H3Ag3O4V. The molecule has 3 radical (unpaired) electrons. The molecule has 0 aliphatic carbocycles. The molecule has 0 fully saturated rings. The summed E-state index contributed by atoms with van der Waals surface area (Å²) in [6.45, 7) is 0. The van der Waals surface area contributed by atoms with Crippen molar-refractivity contribution in [3.05, 3.63) is 0 Å². The Morgan fingerprint density at radius 2 is 0.875 bits per heavy atom. The first-order valence-electron chi connectivity index (χ1n) is 0.783. The van der Waals surface area contributed by atoms with E-state index in [1.54, 1.807) is 0 Å². The van der Waals surface area contributed by atoms with E-state index in [0.29, 0.717) is 0 Å². The second kappa shape index (κ2) is 9.49. The van der Waals surface area contributed by atoms with E-state index >= 15 is 0 Å². The Morgan fingerprint density at radius 1 is 0.875 bits per heavy atom. The van der Waals surface area contributed by atoms with Crippen LogP contribution in [0.15, 0.2) is 0 Å². The van der Waals surface area contributed by atoms with E-state index in [1.165, 1.54) is 0 Å². The van der Waals surface area contributed by atoms with Gasteiger partial charge in [0.15, 0.2) is 0 Å². The van der Waals surface area contributed by atoms with E-state index in [4.69, 9.17) is 15.8 Å². The number of hydrogen-bond donors (Lipinski definition) is 3. The summed E-state index contributed by atoms with van der Waals surface area (Å²) in [5.41, 5.74) is 0. The van der Waals surface area contributed by atoms with E-state index in [-0.39, 0.29) is 67.1 Å². The van der Waals surface area contributed by atoms with Crippen LogP contribution < -0.4 is 0 Å². The summed E-state index contributed by atoms with van der Waals surface area (Å²) in [4.78, 5) is 0. The van der Waals surface area contributed by atoms with Crippen molar-refractivity contribution in [2.24, 2.45) is 0 Å². The Hall–Kier alpha value is 2.49. The first-order chi connectivity index (χ1) is 2.00. The van der Waals surface area contributed by atoms with E-state index in [0.717, 1.165) is 0 Å². The van der Waals surface area contributed by atoms with Crippen LogP contribution in [0.4, 0.5) is 0 Å². The van der Waals surface area contributed by atoms with Crippen LogP contribution in [-0.4, -0.2) is 12.1 Å². The summed E-state index contributed by atoms with van der Waals surface area (Å²) in [5.74, 6) is 0. The van der Waals surface area contributed by atoms with Gasteiger partial charge in [-0.05, 0) is 0 Å². The molecule has 0 aliphatic rings. The third kappa shape index (κ3) is 77.0. The van der Waals surface area contributed by atoms with Crippen molar-refractivity contribution >= 4 is 0 Å². The fourth-order valence-corrected chi connectivity index (χ4v) is 0. The fourth-order valence-electron chi connectivity index (χ4n) is 0. The normalized spacial score (nSPS) is 7.38. The fraction of sp³-hybridized carbons (Fsp3) is 0. The van der Waals surface area contributed by atoms with Gasteiger partial charge in [-0.1, -0.05) is 0 Å². The topological polar surface area (TPSA) is 77.8 Å². The Labute approximate surface area is 96.5 Å². The molecule has 0 saturated heterocycles. The van der Waals surface area contributed by atoms with Crippen molar-refractivity contribution in [3.63, 3.8) is 0 Å². The molecule has 0 heterocycles. The van der Waals surface area contributed by atoms with E-state index in [9.17, 15) is 0 Å². The van der Waals surface area contributed by atoms with Gasteiger partial charge in [0.05, 0.1) is 0 Å². The summed E-state index contributed by atoms with van der Waals surface area (Å²) >= 11 is -5.12. The van der Waals surface area contributed by atoms with Crippen molar-refractivity contribution in [2.45, 2.75) is 0 Å². The van der Waals surface area contributed by atoms with Gasteiger partial charge < -0.3 is 0 Å². The molecule has 0 unspecified atom stereocenters. The summed E-state index contributed by atoms with van der Waals surface area (Å²) < 4.78 is 30.7. The monoisotopic (exact) mass is 439 g/mol. The van der Waals surface area contributed by atoms with Crippen LogP contribution in [-0.2, 0) is 85.8 Å². The van der Waals surface area contributed by atoms with Gasteiger partial charge in [-0.15, -0.1) is 0 Å². The predicted octanol–water partition coefficient (Wildman–Crippen LogP) is -1.80. The minimum atomic E-state index is -5.12. The Morgan fingerprint density at radius 3 is 0.875 bits per heavy atom. The quantitative estimate of drug-likeness (QED) is 0.388. The van der Waals surface area contributed by atoms with Crippen LogP contribution in [0.3, 0.4) is 0 Å². The van der Waals surface area contributed by atoms with Gasteiger partial charge in [0.1, 0.15) is 0 Å². The molecule has 0 rings (SSSR count). The number of hydrogen-bond acceptors (Lipinski definition) is 1. The molecule has 0 aromatic carbocycles. The standard InChI is InChI=1S/3Ag.3H2O.O.V/h;;;3*1H2;;/q;;;;;;;+3/p-3. The summed E-state index contributed by atoms with van der Waals surface area (Å²) in [6, 6.07) is 0. The van der Waals surface area contributed by atoms with Gasteiger partial charge in [0, 0.05) is 67.1 Å². The summed E-state index contributed by atoms with van der Waals surface area (Å²) in [6.07, 6.45) is 0. The van der Waals surface area contributed by atoms with Crippen molar-refractivity contribution in [1.82, 2.24) is 0 Å². The molecule has 65 valence electrons. The molecule has 0 aromatic rings. The van der Waals surface area contributed by atoms with Gasteiger partial charge in [0.2, 0.25) is 0 Å². The minimum absolute atomic E-state index is 0. The van der Waals surface area contributed by atoms with Crippen molar-refractivity contribution in [1.29, 1.82) is 0 Å². The van der Waals surface area contributed by atoms with E-state index < -0.39 is 15.0 Å². The molecule has 0 saturated carbocycles. The van der Waals surface area contributed by atoms with Crippen molar-refractivity contribution in [3.8, 4) is 0 Å². The van der Waals surface area contributed by atoms with E-state index in [1.807, 2.05) is 0 Å². The van der Waals surface area contributed by atoms with E-state index in [2.05, 4.69) is 0 Å². The average molecular weight is 442 g/mol. The molecular weight excluding hydrogens is 439 g/mol. The molecule has 0 atom stereocenters. The van der Waals surface area contributed by atoms with Crippen LogP contribution in [0.5, 0.6) is 0 Å². The molecule has 0 bridgehead atoms. The zero-order valence-electron chi connectivity index (χ0n) is 3.10. The van der Waals surface area contributed by atoms with Crippen LogP contribution in [0, 0.1) is 0 Å². The van der Waals surface area contributed by atoms with Gasteiger partial charge >= 0.3 is 30.8 Å². The Bertz CT molecular complexity index is 57.4. The molecule has 4 nitrogen and oxygen atoms in total. The van der Waals surface area contributed by atoms with Gasteiger partial charge in [-0.25, -0.2) is 0 Å². The molecule has 0 amide bonds. The van der Waals surface area contributed by atoms with Crippen LogP contribution in [0.1, 0.15) is 0 Å². The van der Waals surface area contributed by atoms with Crippen molar-refractivity contribution < 1.29 is 97.9 Å². The summed E-state index contributed by atoms with van der Waals surface area (Å²) in [7, 11) is 0. The molecule has 0 spiro atoms. The zero-order valence-corrected chi connectivity index (χ0v) is 8.95. The molecule has 8 heteroatoms. The Kier molecular flexibility index (Phi) is 26.6. The third-order valence-corrected chi connectivity index (χ3v) is 0. The van der Waals surface area contributed by atoms with Crippen LogP contribution in [0.2, 0.25) is 0 Å². The summed E-state index contributed by atoms with van der Waals surface area (Å²) in [5, 5.41) is 0. The SMILES string of the molecule is [Ag].[Ag].[Ag].[O]=[V]([OH])([OH])[OH]. The first kappa shape index (κ1) is 22.4. The average Bonchev–Trinajstić information content (AvgIpc) is 0.722. The molecule has 0 aliphatic heterocycles. The van der Waals surface area contributed by atoms with Crippen LogP contribution >= 0.6 is 0 Å². The maximum absolute atomic E-state index is 8.94. The van der Waals surface area contributed by atoms with Gasteiger partial charge in [0.25, 0.3) is 0 Å². The molecule has 3 N–H and O–H groups in total. The van der Waals surface area contributed by atoms with Gasteiger partial charge in [-0.3, -0.25) is 0 Å². The van der Waals surface area contributed by atoms with Crippen molar-refractivity contribution in [2.75, 3.05) is 0 Å². The molecule has 0 aromatic heterocycles.